The Balaban J connectivity index is 0.000000461. The van der Waals surface area contributed by atoms with Gasteiger partial charge in [-0.05, 0) is 18.6 Å². The fourth-order valence-electron chi connectivity index (χ4n) is 1.28. The van der Waals surface area contributed by atoms with Gasteiger partial charge in [0.2, 0.25) is 0 Å². The molecule has 2 nitrogen and oxygen atoms in total. The minimum absolute atomic E-state index is 0.564. The standard InChI is InChI=1S/C8H7ClN2S.C2H6/c1-4-3-10-8-7(4)5(12)2-6(9)11-8;1-2/h2-3H,1H3,(H2,10,11,12);1-2H3. The Morgan fingerprint density at radius 1 is 1.36 bits per heavy atom. The van der Waals surface area contributed by atoms with Crippen molar-refractivity contribution in [3.05, 3.63) is 27.5 Å². The monoisotopic (exact) mass is 228 g/mol. The number of aryl methyl sites for hydroxylation is 1. The summed E-state index contributed by atoms with van der Waals surface area (Å²) in [5.74, 6) is 0. The van der Waals surface area contributed by atoms with Crippen LogP contribution >= 0.6 is 23.8 Å². The van der Waals surface area contributed by atoms with E-state index in [-0.39, 0.29) is 0 Å². The van der Waals surface area contributed by atoms with Gasteiger partial charge in [0.05, 0.1) is 4.51 Å². The zero-order chi connectivity index (χ0) is 10.7. The van der Waals surface area contributed by atoms with Gasteiger partial charge < -0.3 is 9.97 Å². The van der Waals surface area contributed by atoms with Crippen LogP contribution in [-0.2, 0) is 0 Å². The number of fused-ring (bicyclic) bond motifs is 1. The van der Waals surface area contributed by atoms with E-state index in [1.165, 1.54) is 0 Å². The molecule has 0 aliphatic heterocycles. The highest BCUT2D eigenvalue weighted by molar-refractivity contribution is 7.71. The third-order valence-electron chi connectivity index (χ3n) is 1.83. The minimum Gasteiger partial charge on any atom is -0.347 e. The predicted octanol–water partition coefficient (Wildman–Crippen LogP) is 4.21. The van der Waals surface area contributed by atoms with Crippen LogP contribution in [0.4, 0.5) is 0 Å². The topological polar surface area (TPSA) is 31.6 Å². The number of aromatic nitrogens is 2. The largest absolute Gasteiger partial charge is 0.347 e. The van der Waals surface area contributed by atoms with Crippen LogP contribution in [0, 0.1) is 11.4 Å². The van der Waals surface area contributed by atoms with Gasteiger partial charge in [0.15, 0.2) is 0 Å². The Hall–Kier alpha value is -0.800. The van der Waals surface area contributed by atoms with Crippen molar-refractivity contribution in [3.8, 4) is 0 Å². The summed E-state index contributed by atoms with van der Waals surface area (Å²) >= 11 is 10.9. The number of H-pyrrole nitrogens is 2. The molecule has 2 heterocycles. The Labute approximate surface area is 93.3 Å². The van der Waals surface area contributed by atoms with Crippen LogP contribution in [0.3, 0.4) is 0 Å². The molecule has 2 N–H and O–H groups in total. The summed E-state index contributed by atoms with van der Waals surface area (Å²) in [6.45, 7) is 6.01. The maximum atomic E-state index is 5.79. The van der Waals surface area contributed by atoms with Crippen molar-refractivity contribution >= 4 is 34.9 Å². The van der Waals surface area contributed by atoms with Crippen LogP contribution in [0.15, 0.2) is 12.3 Å². The van der Waals surface area contributed by atoms with Gasteiger partial charge >= 0.3 is 0 Å². The molecule has 0 unspecified atom stereocenters. The van der Waals surface area contributed by atoms with E-state index in [4.69, 9.17) is 23.8 Å². The van der Waals surface area contributed by atoms with E-state index < -0.39 is 0 Å². The number of hydrogen-bond donors (Lipinski definition) is 2. The van der Waals surface area contributed by atoms with E-state index in [2.05, 4.69) is 9.97 Å². The molecular formula is C10H13ClN2S. The van der Waals surface area contributed by atoms with E-state index in [0.717, 1.165) is 21.1 Å². The van der Waals surface area contributed by atoms with E-state index in [1.807, 2.05) is 27.0 Å². The highest BCUT2D eigenvalue weighted by atomic mass is 35.5. The Morgan fingerprint density at radius 3 is 2.64 bits per heavy atom. The molecule has 0 saturated heterocycles. The van der Waals surface area contributed by atoms with Crippen molar-refractivity contribution in [2.24, 2.45) is 0 Å². The van der Waals surface area contributed by atoms with Crippen molar-refractivity contribution in [3.63, 3.8) is 0 Å². The van der Waals surface area contributed by atoms with Gasteiger partial charge in [-0.2, -0.15) is 0 Å². The maximum absolute atomic E-state index is 5.79. The molecule has 0 aliphatic rings. The van der Waals surface area contributed by atoms with Gasteiger partial charge in [-0.15, -0.1) is 0 Å². The summed E-state index contributed by atoms with van der Waals surface area (Å²) in [5, 5.41) is 1.61. The van der Waals surface area contributed by atoms with Crippen molar-refractivity contribution in [1.29, 1.82) is 0 Å². The second kappa shape index (κ2) is 4.62. The van der Waals surface area contributed by atoms with Crippen LogP contribution in [0.1, 0.15) is 19.4 Å². The summed E-state index contributed by atoms with van der Waals surface area (Å²) in [6.07, 6.45) is 1.91. The molecule has 76 valence electrons. The van der Waals surface area contributed by atoms with E-state index in [0.29, 0.717) is 5.15 Å². The van der Waals surface area contributed by atoms with E-state index in [1.54, 1.807) is 6.07 Å². The summed E-state index contributed by atoms with van der Waals surface area (Å²) in [6, 6.07) is 1.75. The molecule has 14 heavy (non-hydrogen) atoms. The number of pyridine rings is 1. The minimum atomic E-state index is 0.564. The molecule has 2 aromatic rings. The highest BCUT2D eigenvalue weighted by Crippen LogP contribution is 2.19. The Kier molecular flexibility index (Phi) is 3.72. The molecule has 0 atom stereocenters. The van der Waals surface area contributed by atoms with Crippen LogP contribution in [0.2, 0.25) is 5.15 Å². The van der Waals surface area contributed by atoms with Crippen LogP contribution in [-0.4, -0.2) is 9.97 Å². The van der Waals surface area contributed by atoms with Crippen LogP contribution in [0.5, 0.6) is 0 Å². The maximum Gasteiger partial charge on any atom is 0.117 e. The third-order valence-corrected chi connectivity index (χ3v) is 2.35. The average Bonchev–Trinajstić information content (AvgIpc) is 2.51. The van der Waals surface area contributed by atoms with Gasteiger partial charge in [0.1, 0.15) is 10.8 Å². The number of aromatic amines is 2. The van der Waals surface area contributed by atoms with Crippen molar-refractivity contribution in [2.45, 2.75) is 20.8 Å². The van der Waals surface area contributed by atoms with Gasteiger partial charge in [0, 0.05) is 11.6 Å². The molecule has 0 saturated carbocycles. The van der Waals surface area contributed by atoms with Crippen LogP contribution < -0.4 is 0 Å². The summed E-state index contributed by atoms with van der Waals surface area (Å²) in [7, 11) is 0. The number of halogens is 1. The summed E-state index contributed by atoms with van der Waals surface area (Å²) in [4.78, 5) is 6.06. The van der Waals surface area contributed by atoms with Gasteiger partial charge in [-0.3, -0.25) is 0 Å². The Bertz CT molecular complexity index is 484. The summed E-state index contributed by atoms with van der Waals surface area (Å²) < 4.78 is 0.785. The summed E-state index contributed by atoms with van der Waals surface area (Å²) in [5.41, 5.74) is 2.04. The van der Waals surface area contributed by atoms with Crippen molar-refractivity contribution in [1.82, 2.24) is 9.97 Å². The first-order valence-corrected chi connectivity index (χ1v) is 5.33. The fourth-order valence-corrected chi connectivity index (χ4v) is 1.93. The normalized spacial score (nSPS) is 9.71. The lowest BCUT2D eigenvalue weighted by Gasteiger charge is -1.93. The van der Waals surface area contributed by atoms with Gasteiger partial charge in [-0.1, -0.05) is 37.7 Å². The first-order chi connectivity index (χ1) is 6.68. The predicted molar refractivity (Wildman–Crippen MR) is 64.6 cm³/mol. The number of rotatable bonds is 0. The molecule has 4 heteroatoms. The first-order valence-electron chi connectivity index (χ1n) is 4.55. The van der Waals surface area contributed by atoms with E-state index >= 15 is 0 Å². The van der Waals surface area contributed by atoms with Gasteiger partial charge in [-0.25, -0.2) is 0 Å². The smallest absolute Gasteiger partial charge is 0.117 e. The molecule has 2 aromatic heterocycles. The second-order valence-electron chi connectivity index (χ2n) is 2.70. The zero-order valence-electron chi connectivity index (χ0n) is 8.44. The highest BCUT2D eigenvalue weighted by Gasteiger charge is 2.01. The molecular weight excluding hydrogens is 216 g/mol. The lowest BCUT2D eigenvalue weighted by atomic mass is 10.2. The second-order valence-corrected chi connectivity index (χ2v) is 3.55. The molecule has 0 amide bonds. The average molecular weight is 229 g/mol. The lowest BCUT2D eigenvalue weighted by molar-refractivity contribution is 1.32. The quantitative estimate of drug-likeness (QED) is 0.514. The number of nitrogens with one attached hydrogen (secondary N) is 2. The van der Waals surface area contributed by atoms with Crippen LogP contribution in [0.25, 0.3) is 11.0 Å². The fraction of sp³-hybridized carbons (Fsp3) is 0.300. The number of hydrogen-bond acceptors (Lipinski definition) is 1. The molecule has 0 radical (unpaired) electrons. The molecule has 0 bridgehead atoms. The molecule has 0 aromatic carbocycles. The van der Waals surface area contributed by atoms with Crippen molar-refractivity contribution < 1.29 is 0 Å². The first kappa shape index (κ1) is 11.3. The Morgan fingerprint density at radius 2 is 2.00 bits per heavy atom. The van der Waals surface area contributed by atoms with E-state index in [9.17, 15) is 0 Å². The third kappa shape index (κ3) is 1.99. The zero-order valence-corrected chi connectivity index (χ0v) is 10.0. The van der Waals surface area contributed by atoms with Gasteiger partial charge in [0.25, 0.3) is 0 Å². The lowest BCUT2D eigenvalue weighted by Crippen LogP contribution is -1.78. The molecule has 0 spiro atoms. The SMILES string of the molecule is CC.Cc1c[nH]c2[nH]c(Cl)cc(=S)c12. The molecule has 0 fully saturated rings. The molecule has 0 aliphatic carbocycles. The molecule has 2 rings (SSSR count). The van der Waals surface area contributed by atoms with Crippen molar-refractivity contribution in [2.75, 3.05) is 0 Å².